The molecule has 0 saturated heterocycles. The van der Waals surface area contributed by atoms with Gasteiger partial charge in [0.2, 0.25) is 5.95 Å². The Labute approximate surface area is 88.9 Å². The highest BCUT2D eigenvalue weighted by Crippen LogP contribution is 2.46. The lowest BCUT2D eigenvalue weighted by molar-refractivity contribution is 0.629. The molecule has 1 aliphatic rings. The number of nitrogens with one attached hydrogen (secondary N) is 2. The lowest BCUT2D eigenvalue weighted by Gasteiger charge is -2.03. The third-order valence-corrected chi connectivity index (χ3v) is 3.21. The van der Waals surface area contributed by atoms with Crippen LogP contribution in [0, 0.1) is 5.41 Å². The van der Waals surface area contributed by atoms with Crippen LogP contribution in [-0.2, 0) is 0 Å². The molecule has 3 nitrogen and oxygen atoms in total. The second kappa shape index (κ2) is 2.75. The molecular formula is C12H15N3. The van der Waals surface area contributed by atoms with Crippen LogP contribution < -0.4 is 5.32 Å². The number of rotatable bonds is 2. The van der Waals surface area contributed by atoms with E-state index < -0.39 is 0 Å². The van der Waals surface area contributed by atoms with Crippen LogP contribution in [0.1, 0.15) is 20.3 Å². The summed E-state index contributed by atoms with van der Waals surface area (Å²) in [5.41, 5.74) is 2.55. The van der Waals surface area contributed by atoms with Gasteiger partial charge in [0.1, 0.15) is 0 Å². The minimum atomic E-state index is 0.430. The second-order valence-corrected chi connectivity index (χ2v) is 4.99. The van der Waals surface area contributed by atoms with Crippen molar-refractivity contribution in [3.8, 4) is 0 Å². The summed E-state index contributed by atoms with van der Waals surface area (Å²) in [7, 11) is 0. The van der Waals surface area contributed by atoms with Crippen molar-refractivity contribution < 1.29 is 0 Å². The molecule has 1 aromatic carbocycles. The summed E-state index contributed by atoms with van der Waals surface area (Å²) in [5, 5.41) is 3.43. The van der Waals surface area contributed by atoms with E-state index in [0.717, 1.165) is 17.0 Å². The van der Waals surface area contributed by atoms with Crippen molar-refractivity contribution in [3.63, 3.8) is 0 Å². The molecule has 78 valence electrons. The summed E-state index contributed by atoms with van der Waals surface area (Å²) in [6.07, 6.45) is 1.23. The molecule has 3 heteroatoms. The Hall–Kier alpha value is -1.51. The van der Waals surface area contributed by atoms with Crippen molar-refractivity contribution in [1.82, 2.24) is 9.97 Å². The van der Waals surface area contributed by atoms with Crippen LogP contribution in [0.25, 0.3) is 11.0 Å². The standard InChI is InChI=1S/C12H15N3/c1-12(2)7-10(12)15-11-13-8-5-3-4-6-9(8)14-11/h3-6,10H,7H2,1-2H3,(H2,13,14,15). The van der Waals surface area contributed by atoms with Crippen LogP contribution in [0.3, 0.4) is 0 Å². The molecule has 2 N–H and O–H groups in total. The molecule has 0 radical (unpaired) electrons. The first-order valence-corrected chi connectivity index (χ1v) is 5.36. The van der Waals surface area contributed by atoms with Crippen molar-refractivity contribution in [2.45, 2.75) is 26.3 Å². The fourth-order valence-electron chi connectivity index (χ4n) is 1.90. The molecule has 15 heavy (non-hydrogen) atoms. The Kier molecular flexibility index (Phi) is 1.61. The SMILES string of the molecule is CC1(C)CC1Nc1nc2ccccc2[nH]1. The van der Waals surface area contributed by atoms with Crippen molar-refractivity contribution in [1.29, 1.82) is 0 Å². The largest absolute Gasteiger partial charge is 0.353 e. The van der Waals surface area contributed by atoms with E-state index in [-0.39, 0.29) is 0 Å². The number of benzene rings is 1. The predicted molar refractivity (Wildman–Crippen MR) is 61.9 cm³/mol. The van der Waals surface area contributed by atoms with Crippen LogP contribution >= 0.6 is 0 Å². The fourth-order valence-corrected chi connectivity index (χ4v) is 1.90. The Morgan fingerprint density at radius 1 is 1.40 bits per heavy atom. The van der Waals surface area contributed by atoms with Gasteiger partial charge < -0.3 is 10.3 Å². The number of para-hydroxylation sites is 2. The Morgan fingerprint density at radius 2 is 2.13 bits per heavy atom. The van der Waals surface area contributed by atoms with Gasteiger partial charge in [0, 0.05) is 6.04 Å². The molecule has 1 fully saturated rings. The summed E-state index contributed by atoms with van der Waals surface area (Å²) in [6, 6.07) is 8.66. The zero-order chi connectivity index (χ0) is 10.5. The smallest absolute Gasteiger partial charge is 0.201 e. The molecule has 1 aromatic heterocycles. The second-order valence-electron chi connectivity index (χ2n) is 4.99. The Balaban J connectivity index is 1.87. The van der Waals surface area contributed by atoms with E-state index in [9.17, 15) is 0 Å². The number of imidazole rings is 1. The molecule has 1 saturated carbocycles. The average molecular weight is 201 g/mol. The van der Waals surface area contributed by atoms with E-state index in [1.165, 1.54) is 6.42 Å². The zero-order valence-electron chi connectivity index (χ0n) is 9.04. The third-order valence-electron chi connectivity index (χ3n) is 3.21. The lowest BCUT2D eigenvalue weighted by atomic mass is 10.2. The van der Waals surface area contributed by atoms with E-state index in [1.54, 1.807) is 0 Å². The summed E-state index contributed by atoms with van der Waals surface area (Å²) < 4.78 is 0. The van der Waals surface area contributed by atoms with E-state index in [2.05, 4.69) is 29.1 Å². The van der Waals surface area contributed by atoms with Gasteiger partial charge in [-0.15, -0.1) is 0 Å². The maximum atomic E-state index is 4.49. The highest BCUT2D eigenvalue weighted by atomic mass is 15.2. The van der Waals surface area contributed by atoms with Gasteiger partial charge >= 0.3 is 0 Å². The van der Waals surface area contributed by atoms with Crippen LogP contribution in [0.15, 0.2) is 24.3 Å². The molecule has 3 rings (SSSR count). The molecule has 2 aromatic rings. The topological polar surface area (TPSA) is 40.7 Å². The normalized spacial score (nSPS) is 22.9. The molecule has 0 spiro atoms. The highest BCUT2D eigenvalue weighted by Gasteiger charge is 2.46. The summed E-state index contributed by atoms with van der Waals surface area (Å²) in [5.74, 6) is 0.895. The van der Waals surface area contributed by atoms with E-state index in [0.29, 0.717) is 11.5 Å². The molecule has 1 atom stereocenters. The number of hydrogen-bond acceptors (Lipinski definition) is 2. The van der Waals surface area contributed by atoms with Gasteiger partial charge in [-0.05, 0) is 24.0 Å². The first kappa shape index (κ1) is 8.77. The minimum absolute atomic E-state index is 0.430. The van der Waals surface area contributed by atoms with Crippen molar-refractivity contribution >= 4 is 17.0 Å². The van der Waals surface area contributed by atoms with Gasteiger partial charge in [-0.25, -0.2) is 4.98 Å². The van der Waals surface area contributed by atoms with Crippen LogP contribution in [-0.4, -0.2) is 16.0 Å². The average Bonchev–Trinajstić information content (AvgIpc) is 2.61. The van der Waals surface area contributed by atoms with E-state index in [4.69, 9.17) is 0 Å². The number of hydrogen-bond donors (Lipinski definition) is 2. The van der Waals surface area contributed by atoms with Crippen molar-refractivity contribution in [3.05, 3.63) is 24.3 Å². The van der Waals surface area contributed by atoms with Crippen LogP contribution in [0.2, 0.25) is 0 Å². The van der Waals surface area contributed by atoms with Crippen LogP contribution in [0.4, 0.5) is 5.95 Å². The number of fused-ring (bicyclic) bond motifs is 1. The van der Waals surface area contributed by atoms with Crippen molar-refractivity contribution in [2.75, 3.05) is 5.32 Å². The number of aromatic amines is 1. The highest BCUT2D eigenvalue weighted by molar-refractivity contribution is 5.77. The quantitative estimate of drug-likeness (QED) is 0.784. The first-order valence-electron chi connectivity index (χ1n) is 5.36. The van der Waals surface area contributed by atoms with Crippen molar-refractivity contribution in [2.24, 2.45) is 5.41 Å². The molecule has 0 amide bonds. The summed E-state index contributed by atoms with van der Waals surface area (Å²) in [6.45, 7) is 4.54. The zero-order valence-corrected chi connectivity index (χ0v) is 9.04. The van der Waals surface area contributed by atoms with Gasteiger partial charge in [0.05, 0.1) is 11.0 Å². The van der Waals surface area contributed by atoms with E-state index in [1.807, 2.05) is 24.3 Å². The predicted octanol–water partition coefficient (Wildman–Crippen LogP) is 2.77. The maximum absolute atomic E-state index is 4.49. The van der Waals surface area contributed by atoms with Gasteiger partial charge in [0.15, 0.2) is 0 Å². The maximum Gasteiger partial charge on any atom is 0.201 e. The molecule has 1 unspecified atom stereocenters. The lowest BCUT2D eigenvalue weighted by Crippen LogP contribution is -2.09. The molecular weight excluding hydrogens is 186 g/mol. The summed E-state index contributed by atoms with van der Waals surface area (Å²) >= 11 is 0. The van der Waals surface area contributed by atoms with Gasteiger partial charge in [0.25, 0.3) is 0 Å². The number of nitrogens with zero attached hydrogens (tertiary/aromatic N) is 1. The van der Waals surface area contributed by atoms with Gasteiger partial charge in [-0.3, -0.25) is 0 Å². The number of anilines is 1. The summed E-state index contributed by atoms with van der Waals surface area (Å²) in [4.78, 5) is 7.77. The minimum Gasteiger partial charge on any atom is -0.353 e. The first-order chi connectivity index (χ1) is 7.15. The van der Waals surface area contributed by atoms with E-state index >= 15 is 0 Å². The molecule has 1 heterocycles. The fraction of sp³-hybridized carbons (Fsp3) is 0.417. The molecule has 1 aliphatic carbocycles. The van der Waals surface area contributed by atoms with Crippen LogP contribution in [0.5, 0.6) is 0 Å². The number of aromatic nitrogens is 2. The number of H-pyrrole nitrogens is 1. The monoisotopic (exact) mass is 201 g/mol. The molecule has 0 aliphatic heterocycles. The molecule has 0 bridgehead atoms. The third kappa shape index (κ3) is 1.48. The van der Waals surface area contributed by atoms with Gasteiger partial charge in [-0.1, -0.05) is 26.0 Å². The Bertz CT molecular complexity index is 465. The Morgan fingerprint density at radius 3 is 2.80 bits per heavy atom. The van der Waals surface area contributed by atoms with Gasteiger partial charge in [-0.2, -0.15) is 0 Å².